The van der Waals surface area contributed by atoms with Gasteiger partial charge in [-0.3, -0.25) is 0 Å². The topological polar surface area (TPSA) is 37.2 Å². The minimum absolute atomic E-state index is 0.229. The molecule has 0 saturated carbocycles. The highest BCUT2D eigenvalue weighted by Gasteiger charge is 2.06. The number of hydrogen-bond acceptors (Lipinski definition) is 2. The lowest BCUT2D eigenvalue weighted by Gasteiger charge is -2.13. The van der Waals surface area contributed by atoms with E-state index in [4.69, 9.17) is 0 Å². The van der Waals surface area contributed by atoms with E-state index in [1.807, 2.05) is 0 Å². The minimum Gasteiger partial charge on any atom is -0.392 e. The summed E-state index contributed by atoms with van der Waals surface area (Å²) in [6.07, 6.45) is 6.09. The first-order valence-corrected chi connectivity index (χ1v) is 6.65. The summed E-state index contributed by atoms with van der Waals surface area (Å²) in [7, 11) is 0. The van der Waals surface area contributed by atoms with Gasteiger partial charge >= 0.3 is 0 Å². The number of aliphatic hydroxyl groups excluding tert-OH is 1. The molecule has 0 aliphatic carbocycles. The van der Waals surface area contributed by atoms with Gasteiger partial charge in [0.25, 0.3) is 0 Å². The summed E-state index contributed by atoms with van der Waals surface area (Å²) >= 11 is 0. The van der Waals surface area contributed by atoms with Crippen molar-refractivity contribution in [2.45, 2.75) is 52.8 Å². The van der Waals surface area contributed by atoms with Crippen molar-refractivity contribution in [3.05, 3.63) is 24.0 Å². The van der Waals surface area contributed by atoms with E-state index in [1.165, 1.54) is 5.56 Å². The zero-order valence-electron chi connectivity index (χ0n) is 11.3. The van der Waals surface area contributed by atoms with Crippen molar-refractivity contribution in [3.63, 3.8) is 0 Å². The third kappa shape index (κ3) is 5.89. The zero-order valence-corrected chi connectivity index (χ0v) is 11.3. The molecule has 98 valence electrons. The Kier molecular flexibility index (Phi) is 6.30. The van der Waals surface area contributed by atoms with Crippen molar-refractivity contribution in [2.75, 3.05) is 6.54 Å². The molecule has 0 radical (unpaired) electrons. The van der Waals surface area contributed by atoms with Crippen LogP contribution in [0.5, 0.6) is 0 Å². The molecule has 3 nitrogen and oxygen atoms in total. The maximum Gasteiger partial charge on any atom is 0.0667 e. The second-order valence-corrected chi connectivity index (χ2v) is 5.17. The van der Waals surface area contributed by atoms with Gasteiger partial charge in [0.15, 0.2) is 0 Å². The first-order valence-electron chi connectivity index (χ1n) is 6.65. The molecule has 0 amide bonds. The van der Waals surface area contributed by atoms with E-state index in [9.17, 15) is 5.11 Å². The molecule has 0 bridgehead atoms. The Morgan fingerprint density at radius 1 is 1.41 bits per heavy atom. The molecular weight excluding hydrogens is 212 g/mol. The molecule has 1 heterocycles. The fourth-order valence-electron chi connectivity index (χ4n) is 2.00. The minimum atomic E-state index is -0.229. The van der Waals surface area contributed by atoms with Crippen molar-refractivity contribution in [2.24, 2.45) is 5.92 Å². The van der Waals surface area contributed by atoms with E-state index in [1.54, 1.807) is 0 Å². The Labute approximate surface area is 105 Å². The molecule has 0 aliphatic rings. The lowest BCUT2D eigenvalue weighted by atomic mass is 10.1. The quantitative estimate of drug-likeness (QED) is 0.729. The molecule has 1 aromatic heterocycles. The van der Waals surface area contributed by atoms with E-state index in [0.717, 1.165) is 25.9 Å². The second kappa shape index (κ2) is 7.51. The first-order chi connectivity index (χ1) is 8.11. The molecule has 0 saturated heterocycles. The predicted molar refractivity (Wildman–Crippen MR) is 71.9 cm³/mol. The summed E-state index contributed by atoms with van der Waals surface area (Å²) in [6, 6.07) is 2.14. The van der Waals surface area contributed by atoms with Crippen LogP contribution in [0.2, 0.25) is 0 Å². The molecule has 0 aromatic carbocycles. The third-order valence-electron chi connectivity index (χ3n) is 2.75. The first kappa shape index (κ1) is 14.3. The van der Waals surface area contributed by atoms with Gasteiger partial charge in [0.2, 0.25) is 0 Å². The maximum absolute atomic E-state index is 9.72. The van der Waals surface area contributed by atoms with Gasteiger partial charge in [-0.2, -0.15) is 0 Å². The van der Waals surface area contributed by atoms with Gasteiger partial charge in [-0.25, -0.2) is 0 Å². The van der Waals surface area contributed by atoms with Crippen LogP contribution < -0.4 is 5.32 Å². The van der Waals surface area contributed by atoms with Crippen LogP contribution in [-0.2, 0) is 13.1 Å². The Morgan fingerprint density at radius 2 is 2.18 bits per heavy atom. The van der Waals surface area contributed by atoms with Crippen molar-refractivity contribution in [3.8, 4) is 0 Å². The molecule has 3 heteroatoms. The fraction of sp³-hybridized carbons (Fsp3) is 0.714. The summed E-state index contributed by atoms with van der Waals surface area (Å²) < 4.78 is 2.21. The van der Waals surface area contributed by atoms with Crippen LogP contribution in [0.4, 0.5) is 0 Å². The zero-order chi connectivity index (χ0) is 12.7. The van der Waals surface area contributed by atoms with E-state index < -0.39 is 0 Å². The maximum atomic E-state index is 9.72. The van der Waals surface area contributed by atoms with Crippen LogP contribution in [0.15, 0.2) is 18.5 Å². The highest BCUT2D eigenvalue weighted by molar-refractivity contribution is 5.09. The average molecular weight is 238 g/mol. The highest BCUT2D eigenvalue weighted by atomic mass is 16.3. The molecule has 0 fully saturated rings. The van der Waals surface area contributed by atoms with Crippen LogP contribution in [-0.4, -0.2) is 22.3 Å². The van der Waals surface area contributed by atoms with Crippen molar-refractivity contribution in [1.82, 2.24) is 9.88 Å². The number of hydrogen-bond donors (Lipinski definition) is 2. The molecule has 0 aliphatic heterocycles. The summed E-state index contributed by atoms with van der Waals surface area (Å²) in [6.45, 7) is 9.04. The van der Waals surface area contributed by atoms with E-state index in [0.29, 0.717) is 12.5 Å². The molecule has 17 heavy (non-hydrogen) atoms. The summed E-state index contributed by atoms with van der Waals surface area (Å²) in [5.41, 5.74) is 1.29. The fourth-order valence-corrected chi connectivity index (χ4v) is 2.00. The Morgan fingerprint density at radius 3 is 2.82 bits per heavy atom. The summed E-state index contributed by atoms with van der Waals surface area (Å²) in [5.74, 6) is 0.553. The number of aliphatic hydroxyl groups is 1. The Hall–Kier alpha value is -0.800. The van der Waals surface area contributed by atoms with Crippen molar-refractivity contribution in [1.29, 1.82) is 0 Å². The van der Waals surface area contributed by atoms with Gasteiger partial charge in [0.1, 0.15) is 0 Å². The SMILES string of the molecule is CCCn1ccc(CNCC(O)CC(C)C)c1. The standard InChI is InChI=1S/C14H26N2O/c1-4-6-16-7-5-13(11-16)9-15-10-14(17)8-12(2)3/h5,7,11-12,14-15,17H,4,6,8-10H2,1-3H3. The van der Waals surface area contributed by atoms with Crippen molar-refractivity contribution >= 4 is 0 Å². The van der Waals surface area contributed by atoms with E-state index >= 15 is 0 Å². The van der Waals surface area contributed by atoms with Crippen LogP contribution in [0.3, 0.4) is 0 Å². The van der Waals surface area contributed by atoms with Gasteiger partial charge in [-0.05, 0) is 30.4 Å². The lowest BCUT2D eigenvalue weighted by molar-refractivity contribution is 0.146. The highest BCUT2D eigenvalue weighted by Crippen LogP contribution is 2.05. The number of nitrogens with one attached hydrogen (secondary N) is 1. The monoisotopic (exact) mass is 238 g/mol. The second-order valence-electron chi connectivity index (χ2n) is 5.17. The van der Waals surface area contributed by atoms with Gasteiger partial charge in [-0.15, -0.1) is 0 Å². The molecule has 1 aromatic rings. The smallest absolute Gasteiger partial charge is 0.0667 e. The van der Waals surface area contributed by atoms with Crippen LogP contribution in [0, 0.1) is 5.92 Å². The third-order valence-corrected chi connectivity index (χ3v) is 2.75. The molecule has 2 N–H and O–H groups in total. The van der Waals surface area contributed by atoms with Gasteiger partial charge in [0, 0.05) is 32.0 Å². The van der Waals surface area contributed by atoms with Crippen LogP contribution in [0.25, 0.3) is 0 Å². The van der Waals surface area contributed by atoms with E-state index in [-0.39, 0.29) is 6.10 Å². The van der Waals surface area contributed by atoms with Crippen LogP contribution in [0.1, 0.15) is 39.2 Å². The molecular formula is C14H26N2O. The molecule has 0 spiro atoms. The van der Waals surface area contributed by atoms with Crippen molar-refractivity contribution < 1.29 is 5.11 Å². The molecule has 1 atom stereocenters. The number of rotatable bonds is 8. The molecule has 1 unspecified atom stereocenters. The predicted octanol–water partition coefficient (Wildman–Crippen LogP) is 2.39. The van der Waals surface area contributed by atoms with E-state index in [2.05, 4.69) is 49.1 Å². The number of aryl methyl sites for hydroxylation is 1. The number of aromatic nitrogens is 1. The Balaban J connectivity index is 2.21. The van der Waals surface area contributed by atoms with Crippen LogP contribution >= 0.6 is 0 Å². The van der Waals surface area contributed by atoms with Gasteiger partial charge in [0.05, 0.1) is 6.10 Å². The normalized spacial score (nSPS) is 13.2. The Bertz CT molecular complexity index is 307. The summed E-state index contributed by atoms with van der Waals surface area (Å²) in [4.78, 5) is 0. The largest absolute Gasteiger partial charge is 0.392 e. The molecule has 1 rings (SSSR count). The van der Waals surface area contributed by atoms with Gasteiger partial charge in [-0.1, -0.05) is 20.8 Å². The number of nitrogens with zero attached hydrogens (tertiary/aromatic N) is 1. The lowest BCUT2D eigenvalue weighted by Crippen LogP contribution is -2.27. The summed E-state index contributed by atoms with van der Waals surface area (Å²) in [5, 5.41) is 13.0. The average Bonchev–Trinajstić information content (AvgIpc) is 2.65. The van der Waals surface area contributed by atoms with Gasteiger partial charge < -0.3 is 15.0 Å².